The van der Waals surface area contributed by atoms with Crippen LogP contribution in [-0.2, 0) is 14.3 Å². The molecule has 132 valence electrons. The molecule has 0 spiro atoms. The Kier molecular flexibility index (Phi) is 6.19. The zero-order chi connectivity index (χ0) is 18.4. The molecule has 0 saturated carbocycles. The Morgan fingerprint density at radius 2 is 1.60 bits per heavy atom. The molecular formula is C18H18F2N2O3. The average molecular weight is 348 g/mol. The van der Waals surface area contributed by atoms with Crippen LogP contribution in [0.5, 0.6) is 0 Å². The second-order valence-corrected chi connectivity index (χ2v) is 5.41. The highest BCUT2D eigenvalue weighted by Crippen LogP contribution is 2.24. The molecule has 0 bridgehead atoms. The molecule has 7 heteroatoms. The number of anilines is 2. The van der Waals surface area contributed by atoms with Gasteiger partial charge in [0.15, 0.2) is 0 Å². The molecule has 2 aromatic carbocycles. The van der Waals surface area contributed by atoms with Crippen LogP contribution < -0.4 is 10.6 Å². The summed E-state index contributed by atoms with van der Waals surface area (Å²) in [5.41, 5.74) is 0.568. The number of hydrogen-bond donors (Lipinski definition) is 2. The second kappa shape index (κ2) is 8.34. The molecule has 0 radical (unpaired) electrons. The summed E-state index contributed by atoms with van der Waals surface area (Å²) in [6.45, 7) is 1.32. The molecule has 0 heterocycles. The number of halogens is 2. The minimum atomic E-state index is -1.02. The number of carbonyl (C=O) groups is 2. The fourth-order valence-corrected chi connectivity index (χ4v) is 2.31. The van der Waals surface area contributed by atoms with Crippen molar-refractivity contribution >= 4 is 23.2 Å². The van der Waals surface area contributed by atoms with E-state index < -0.39 is 23.5 Å². The zero-order valence-corrected chi connectivity index (χ0v) is 13.8. The summed E-state index contributed by atoms with van der Waals surface area (Å²) in [6, 6.07) is 9.87. The molecule has 5 nitrogen and oxygen atoms in total. The minimum Gasteiger partial charge on any atom is -0.375 e. The molecule has 2 aromatic rings. The summed E-state index contributed by atoms with van der Waals surface area (Å²) in [5.74, 6) is -3.48. The molecule has 2 amide bonds. The van der Waals surface area contributed by atoms with Crippen LogP contribution in [0.25, 0.3) is 0 Å². The predicted octanol–water partition coefficient (Wildman–Crippen LogP) is 3.29. The van der Waals surface area contributed by atoms with Crippen molar-refractivity contribution in [1.29, 1.82) is 0 Å². The van der Waals surface area contributed by atoms with Crippen LogP contribution >= 0.6 is 0 Å². The van der Waals surface area contributed by atoms with Gasteiger partial charge in [-0.2, -0.15) is 0 Å². The van der Waals surface area contributed by atoms with Crippen LogP contribution in [0.4, 0.5) is 20.2 Å². The first-order chi connectivity index (χ1) is 11.9. The predicted molar refractivity (Wildman–Crippen MR) is 90.4 cm³/mol. The van der Waals surface area contributed by atoms with Gasteiger partial charge in [-0.25, -0.2) is 8.78 Å². The molecule has 2 N–H and O–H groups in total. The number of amides is 2. The van der Waals surface area contributed by atoms with Gasteiger partial charge in [-0.05, 0) is 37.3 Å². The Hall–Kier alpha value is -2.80. The lowest BCUT2D eigenvalue weighted by Gasteiger charge is -2.15. The van der Waals surface area contributed by atoms with Gasteiger partial charge in [0.1, 0.15) is 18.2 Å². The molecule has 0 aromatic heterocycles. The van der Waals surface area contributed by atoms with Crippen molar-refractivity contribution in [1.82, 2.24) is 0 Å². The summed E-state index contributed by atoms with van der Waals surface area (Å²) in [4.78, 5) is 23.8. The fourth-order valence-electron chi connectivity index (χ4n) is 2.31. The van der Waals surface area contributed by atoms with E-state index in [0.717, 1.165) is 12.1 Å². The number of nitrogens with one attached hydrogen (secondary N) is 2. The third-order valence-electron chi connectivity index (χ3n) is 3.52. The number of methoxy groups -OCH3 is 1. The third kappa shape index (κ3) is 4.84. The third-order valence-corrected chi connectivity index (χ3v) is 3.52. The van der Waals surface area contributed by atoms with Gasteiger partial charge < -0.3 is 15.4 Å². The van der Waals surface area contributed by atoms with Crippen LogP contribution in [0, 0.1) is 11.6 Å². The molecule has 0 aliphatic rings. The molecule has 1 unspecified atom stereocenters. The van der Waals surface area contributed by atoms with Gasteiger partial charge in [0.05, 0.1) is 5.92 Å². The maximum atomic E-state index is 13.8. The zero-order valence-electron chi connectivity index (χ0n) is 13.8. The molecule has 0 aliphatic heterocycles. The second-order valence-electron chi connectivity index (χ2n) is 5.41. The minimum absolute atomic E-state index is 0.0970. The van der Waals surface area contributed by atoms with E-state index in [9.17, 15) is 18.4 Å². The number of benzene rings is 2. The first-order valence-electron chi connectivity index (χ1n) is 7.56. The molecule has 0 fully saturated rings. The SMILES string of the molecule is COCC(=O)Nc1cccc(NC(=O)C(C)c2c(F)cccc2F)c1. The van der Waals surface area contributed by atoms with Crippen molar-refractivity contribution in [3.8, 4) is 0 Å². The van der Waals surface area contributed by atoms with E-state index in [1.165, 1.54) is 26.2 Å². The molecule has 0 saturated heterocycles. The molecule has 1 atom stereocenters. The van der Waals surface area contributed by atoms with Crippen molar-refractivity contribution in [2.75, 3.05) is 24.4 Å². The van der Waals surface area contributed by atoms with Gasteiger partial charge in [0.2, 0.25) is 11.8 Å². The van der Waals surface area contributed by atoms with Gasteiger partial charge >= 0.3 is 0 Å². The van der Waals surface area contributed by atoms with Gasteiger partial charge in [-0.1, -0.05) is 12.1 Å². The Bertz CT molecular complexity index is 760. The normalized spacial score (nSPS) is 11.7. The highest BCUT2D eigenvalue weighted by atomic mass is 19.1. The molecule has 2 rings (SSSR count). The van der Waals surface area contributed by atoms with E-state index in [0.29, 0.717) is 11.4 Å². The number of carbonyl (C=O) groups excluding carboxylic acids is 2. The van der Waals surface area contributed by atoms with Gasteiger partial charge in [-0.15, -0.1) is 0 Å². The van der Waals surface area contributed by atoms with Crippen molar-refractivity contribution in [2.45, 2.75) is 12.8 Å². The summed E-state index contributed by atoms with van der Waals surface area (Å²) < 4.78 is 32.3. The van der Waals surface area contributed by atoms with E-state index in [4.69, 9.17) is 4.74 Å². The highest BCUT2D eigenvalue weighted by molar-refractivity contribution is 5.97. The summed E-state index contributed by atoms with van der Waals surface area (Å²) in [5, 5.41) is 5.19. The van der Waals surface area contributed by atoms with E-state index in [-0.39, 0.29) is 18.1 Å². The van der Waals surface area contributed by atoms with E-state index >= 15 is 0 Å². The average Bonchev–Trinajstić information content (AvgIpc) is 2.55. The van der Waals surface area contributed by atoms with Crippen molar-refractivity contribution in [3.63, 3.8) is 0 Å². The van der Waals surface area contributed by atoms with Gasteiger partial charge in [0, 0.05) is 24.0 Å². The summed E-state index contributed by atoms with van der Waals surface area (Å²) in [6.07, 6.45) is 0. The van der Waals surface area contributed by atoms with Crippen LogP contribution in [0.3, 0.4) is 0 Å². The first kappa shape index (κ1) is 18.5. The van der Waals surface area contributed by atoms with Crippen molar-refractivity contribution in [2.24, 2.45) is 0 Å². The van der Waals surface area contributed by atoms with Crippen LogP contribution in [-0.4, -0.2) is 25.5 Å². The van der Waals surface area contributed by atoms with Gasteiger partial charge in [-0.3, -0.25) is 9.59 Å². The Morgan fingerprint density at radius 1 is 1.04 bits per heavy atom. The van der Waals surface area contributed by atoms with E-state index in [1.54, 1.807) is 18.2 Å². The lowest BCUT2D eigenvalue weighted by Crippen LogP contribution is -2.21. The molecular weight excluding hydrogens is 330 g/mol. The first-order valence-corrected chi connectivity index (χ1v) is 7.56. The van der Waals surface area contributed by atoms with Crippen LogP contribution in [0.15, 0.2) is 42.5 Å². The van der Waals surface area contributed by atoms with Crippen LogP contribution in [0.1, 0.15) is 18.4 Å². The number of ether oxygens (including phenoxy) is 1. The quantitative estimate of drug-likeness (QED) is 0.842. The Labute approximate surface area is 144 Å². The monoisotopic (exact) mass is 348 g/mol. The lowest BCUT2D eigenvalue weighted by atomic mass is 9.99. The molecule has 25 heavy (non-hydrogen) atoms. The Balaban J connectivity index is 2.11. The fraction of sp³-hybridized carbons (Fsp3) is 0.222. The molecule has 0 aliphatic carbocycles. The maximum absolute atomic E-state index is 13.8. The summed E-state index contributed by atoms with van der Waals surface area (Å²) in [7, 11) is 1.40. The lowest BCUT2D eigenvalue weighted by molar-refractivity contribution is -0.119. The van der Waals surface area contributed by atoms with E-state index in [1.807, 2.05) is 0 Å². The van der Waals surface area contributed by atoms with Crippen molar-refractivity contribution < 1.29 is 23.1 Å². The maximum Gasteiger partial charge on any atom is 0.250 e. The topological polar surface area (TPSA) is 67.4 Å². The smallest absolute Gasteiger partial charge is 0.250 e. The summed E-state index contributed by atoms with van der Waals surface area (Å²) >= 11 is 0. The van der Waals surface area contributed by atoms with Gasteiger partial charge in [0.25, 0.3) is 0 Å². The van der Waals surface area contributed by atoms with Crippen LogP contribution in [0.2, 0.25) is 0 Å². The number of hydrogen-bond acceptors (Lipinski definition) is 3. The Morgan fingerprint density at radius 3 is 2.20 bits per heavy atom. The highest BCUT2D eigenvalue weighted by Gasteiger charge is 2.22. The largest absolute Gasteiger partial charge is 0.375 e. The van der Waals surface area contributed by atoms with Crippen molar-refractivity contribution in [3.05, 3.63) is 59.7 Å². The number of rotatable bonds is 6. The van der Waals surface area contributed by atoms with E-state index in [2.05, 4.69) is 10.6 Å². The standard InChI is InChI=1S/C18H18F2N2O3/c1-11(17-14(19)7-4-8-15(17)20)18(24)22-13-6-3-5-12(9-13)21-16(23)10-25-2/h3-9,11H,10H2,1-2H3,(H,21,23)(H,22,24).